The van der Waals surface area contributed by atoms with Crippen molar-refractivity contribution < 1.29 is 5.11 Å². The van der Waals surface area contributed by atoms with Gasteiger partial charge >= 0.3 is 0 Å². The molecule has 0 unspecified atom stereocenters. The highest BCUT2D eigenvalue weighted by molar-refractivity contribution is 5.84. The van der Waals surface area contributed by atoms with Crippen LogP contribution >= 0.6 is 0 Å². The fourth-order valence-electron chi connectivity index (χ4n) is 2.01. The van der Waals surface area contributed by atoms with Crippen molar-refractivity contribution in [2.75, 3.05) is 13.1 Å². The Balaban J connectivity index is 2.22. The van der Waals surface area contributed by atoms with Crippen LogP contribution in [0.3, 0.4) is 0 Å². The molecule has 1 aliphatic heterocycles. The molecule has 0 saturated carbocycles. The van der Waals surface area contributed by atoms with Crippen molar-refractivity contribution in [1.29, 1.82) is 0 Å². The van der Waals surface area contributed by atoms with E-state index in [4.69, 9.17) is 0 Å². The minimum Gasteiger partial charge on any atom is -0.382 e. The third kappa shape index (κ3) is 0.937. The first kappa shape index (κ1) is 8.03. The van der Waals surface area contributed by atoms with Gasteiger partial charge in [0.2, 0.25) is 0 Å². The second kappa shape index (κ2) is 2.59. The van der Waals surface area contributed by atoms with E-state index in [0.29, 0.717) is 13.1 Å². The van der Waals surface area contributed by atoms with Gasteiger partial charge in [-0.25, -0.2) is 0 Å². The fraction of sp³-hybridized carbons (Fsp3) is 0.273. The molecule has 3 N–H and O–H groups in total. The maximum Gasteiger partial charge on any atom is 0.116 e. The molecule has 2 aromatic rings. The van der Waals surface area contributed by atoms with Crippen LogP contribution in [0.1, 0.15) is 5.56 Å². The predicted octanol–water partition coefficient (Wildman–Crippen LogP) is 0.959. The molecule has 0 spiro atoms. The molecule has 1 aliphatic rings. The molecule has 1 aromatic heterocycles. The van der Waals surface area contributed by atoms with E-state index in [1.165, 1.54) is 0 Å². The van der Waals surface area contributed by atoms with Crippen molar-refractivity contribution in [1.82, 2.24) is 10.3 Å². The number of hydrogen-bond donors (Lipinski definition) is 3. The smallest absolute Gasteiger partial charge is 0.116 e. The van der Waals surface area contributed by atoms with Crippen LogP contribution in [0.4, 0.5) is 0 Å². The summed E-state index contributed by atoms with van der Waals surface area (Å²) in [6.45, 7) is 1.30. The summed E-state index contributed by atoms with van der Waals surface area (Å²) >= 11 is 0. The van der Waals surface area contributed by atoms with Crippen molar-refractivity contribution in [2.24, 2.45) is 0 Å². The highest BCUT2D eigenvalue weighted by atomic mass is 16.3. The fourth-order valence-corrected chi connectivity index (χ4v) is 2.01. The van der Waals surface area contributed by atoms with Gasteiger partial charge in [-0.15, -0.1) is 0 Å². The summed E-state index contributed by atoms with van der Waals surface area (Å²) in [4.78, 5) is 3.17. The number of nitrogens with one attached hydrogen (secondary N) is 2. The molecule has 3 rings (SSSR count). The van der Waals surface area contributed by atoms with Crippen LogP contribution in [0, 0.1) is 0 Å². The molecule has 1 saturated heterocycles. The van der Waals surface area contributed by atoms with Gasteiger partial charge in [0.25, 0.3) is 0 Å². The molecule has 1 aromatic carbocycles. The molecule has 2 heterocycles. The van der Waals surface area contributed by atoms with Crippen LogP contribution in [-0.2, 0) is 5.60 Å². The molecule has 3 nitrogen and oxygen atoms in total. The Morgan fingerprint density at radius 2 is 2.00 bits per heavy atom. The maximum absolute atomic E-state index is 10.2. The van der Waals surface area contributed by atoms with E-state index < -0.39 is 5.60 Å². The third-order valence-electron chi connectivity index (χ3n) is 2.93. The molecule has 3 heteroatoms. The topological polar surface area (TPSA) is 48.0 Å². The van der Waals surface area contributed by atoms with Gasteiger partial charge in [0, 0.05) is 35.8 Å². The van der Waals surface area contributed by atoms with Crippen molar-refractivity contribution >= 4 is 10.9 Å². The zero-order valence-corrected chi connectivity index (χ0v) is 7.75. The van der Waals surface area contributed by atoms with E-state index in [9.17, 15) is 5.11 Å². The van der Waals surface area contributed by atoms with Crippen LogP contribution in [0.25, 0.3) is 10.9 Å². The first-order valence-electron chi connectivity index (χ1n) is 4.79. The summed E-state index contributed by atoms with van der Waals surface area (Å²) < 4.78 is 0. The number of benzene rings is 1. The normalized spacial score (nSPS) is 19.5. The standard InChI is InChI=1S/C11H12N2O/c14-11(6-12-7-11)9-5-13-10-4-2-1-3-8(9)10/h1-5,12-14H,6-7H2. The van der Waals surface area contributed by atoms with Gasteiger partial charge in [0.15, 0.2) is 0 Å². The zero-order chi connectivity index (χ0) is 9.60. The van der Waals surface area contributed by atoms with E-state index in [1.54, 1.807) is 0 Å². The number of β-amino-alcohol motifs (C(OH)–C–C–N with tert-alkyl or cyclic N) is 1. The lowest BCUT2D eigenvalue weighted by Crippen LogP contribution is -2.56. The number of aliphatic hydroxyl groups is 1. The highest BCUT2D eigenvalue weighted by Crippen LogP contribution is 2.31. The molecule has 0 amide bonds. The summed E-state index contributed by atoms with van der Waals surface area (Å²) in [6, 6.07) is 8.05. The van der Waals surface area contributed by atoms with Gasteiger partial charge in [-0.05, 0) is 6.07 Å². The summed E-state index contributed by atoms with van der Waals surface area (Å²) in [5.41, 5.74) is 1.43. The number of aromatic nitrogens is 1. The van der Waals surface area contributed by atoms with Gasteiger partial charge in [-0.2, -0.15) is 0 Å². The minimum atomic E-state index is -0.667. The molecule has 1 fully saturated rings. The predicted molar refractivity (Wildman–Crippen MR) is 55.1 cm³/mol. The SMILES string of the molecule is OC1(c2c[nH]c3ccccc23)CNC1. The Hall–Kier alpha value is -1.32. The van der Waals surface area contributed by atoms with E-state index in [1.807, 2.05) is 30.5 Å². The van der Waals surface area contributed by atoms with Crippen molar-refractivity contribution in [3.8, 4) is 0 Å². The van der Waals surface area contributed by atoms with Gasteiger partial charge < -0.3 is 15.4 Å². The Bertz CT molecular complexity index is 471. The largest absolute Gasteiger partial charge is 0.382 e. The average Bonchev–Trinajstić information content (AvgIpc) is 2.58. The maximum atomic E-state index is 10.2. The molecular weight excluding hydrogens is 176 g/mol. The lowest BCUT2D eigenvalue weighted by atomic mass is 9.88. The van der Waals surface area contributed by atoms with E-state index in [-0.39, 0.29) is 0 Å². The van der Waals surface area contributed by atoms with Crippen molar-refractivity contribution in [3.63, 3.8) is 0 Å². The monoisotopic (exact) mass is 188 g/mol. The quantitative estimate of drug-likeness (QED) is 0.624. The summed E-state index contributed by atoms with van der Waals surface area (Å²) in [5.74, 6) is 0. The lowest BCUT2D eigenvalue weighted by Gasteiger charge is -2.37. The number of rotatable bonds is 1. The highest BCUT2D eigenvalue weighted by Gasteiger charge is 2.37. The van der Waals surface area contributed by atoms with E-state index in [2.05, 4.69) is 10.3 Å². The molecule has 0 aliphatic carbocycles. The Labute approximate surface area is 81.8 Å². The Kier molecular flexibility index (Phi) is 1.48. The molecule has 0 radical (unpaired) electrons. The van der Waals surface area contributed by atoms with E-state index >= 15 is 0 Å². The van der Waals surface area contributed by atoms with Gasteiger partial charge in [-0.1, -0.05) is 18.2 Å². The minimum absolute atomic E-state index is 0.648. The van der Waals surface area contributed by atoms with Crippen molar-refractivity contribution in [3.05, 3.63) is 36.0 Å². The Morgan fingerprint density at radius 3 is 2.71 bits per heavy atom. The number of hydrogen-bond acceptors (Lipinski definition) is 2. The van der Waals surface area contributed by atoms with Crippen molar-refractivity contribution in [2.45, 2.75) is 5.60 Å². The van der Waals surface area contributed by atoms with Crippen LogP contribution in [-0.4, -0.2) is 23.2 Å². The van der Waals surface area contributed by atoms with Gasteiger partial charge in [0.05, 0.1) is 0 Å². The zero-order valence-electron chi connectivity index (χ0n) is 7.75. The first-order valence-corrected chi connectivity index (χ1v) is 4.79. The second-order valence-electron chi connectivity index (χ2n) is 3.88. The Morgan fingerprint density at radius 1 is 1.21 bits per heavy atom. The first-order chi connectivity index (χ1) is 6.80. The summed E-state index contributed by atoms with van der Waals surface area (Å²) in [6.07, 6.45) is 1.91. The molecule has 0 bridgehead atoms. The van der Waals surface area contributed by atoms with Crippen LogP contribution in [0.5, 0.6) is 0 Å². The number of H-pyrrole nitrogens is 1. The van der Waals surface area contributed by atoms with Crippen LogP contribution < -0.4 is 5.32 Å². The van der Waals surface area contributed by atoms with Crippen LogP contribution in [0.15, 0.2) is 30.5 Å². The molecule has 0 atom stereocenters. The summed E-state index contributed by atoms with van der Waals surface area (Å²) in [7, 11) is 0. The number of aromatic amines is 1. The van der Waals surface area contributed by atoms with Gasteiger partial charge in [-0.3, -0.25) is 0 Å². The van der Waals surface area contributed by atoms with Crippen LogP contribution in [0.2, 0.25) is 0 Å². The molecule has 14 heavy (non-hydrogen) atoms. The average molecular weight is 188 g/mol. The number of fused-ring (bicyclic) bond motifs is 1. The second-order valence-corrected chi connectivity index (χ2v) is 3.88. The number of para-hydroxylation sites is 1. The lowest BCUT2D eigenvalue weighted by molar-refractivity contribution is -0.0132. The molecular formula is C11H12N2O. The summed E-state index contributed by atoms with van der Waals surface area (Å²) in [5, 5.41) is 14.4. The van der Waals surface area contributed by atoms with E-state index in [0.717, 1.165) is 16.5 Å². The van der Waals surface area contributed by atoms with Gasteiger partial charge in [0.1, 0.15) is 5.60 Å². The molecule has 72 valence electrons. The third-order valence-corrected chi connectivity index (χ3v) is 2.93.